The van der Waals surface area contributed by atoms with Crippen molar-refractivity contribution in [3.8, 4) is 22.6 Å². The number of rotatable bonds is 4. The summed E-state index contributed by atoms with van der Waals surface area (Å²) in [6, 6.07) is 9.36. The number of ether oxygens (including phenoxy) is 1. The monoisotopic (exact) mass is 522 g/mol. The summed E-state index contributed by atoms with van der Waals surface area (Å²) >= 11 is 0. The summed E-state index contributed by atoms with van der Waals surface area (Å²) in [5.74, 6) is -8.54. The number of aromatic hydroxyl groups is 1. The molecule has 3 aliphatic rings. The predicted molar refractivity (Wildman–Crippen MR) is 134 cm³/mol. The molecule has 0 heterocycles. The second-order valence-electron chi connectivity index (χ2n) is 10.7. The molecule has 10 heteroatoms. The van der Waals surface area contributed by atoms with E-state index >= 15 is 0 Å². The van der Waals surface area contributed by atoms with Crippen molar-refractivity contribution < 1.29 is 39.2 Å². The van der Waals surface area contributed by atoms with Crippen molar-refractivity contribution in [2.45, 2.75) is 30.6 Å². The van der Waals surface area contributed by atoms with E-state index in [0.717, 1.165) is 5.56 Å². The standard InChI is InChI=1S/C28H30N2O8/c1-30(2)22-17-11-13-10-16-15(12-4-6-14(38-3)7-5-12)8-9-18(31)20(16)23(32)19(13)25(34)28(17,37)26(35)21(24(22)33)27(29)36/h4-9,13,17,19,21-22,24,31,33,37H,10-11H2,1-3H3,(H2,29,36)/t13-,17-,19?,21?,22-,24?,28-/m1/s1. The summed E-state index contributed by atoms with van der Waals surface area (Å²) < 4.78 is 5.23. The third kappa shape index (κ3) is 3.51. The number of benzene rings is 2. The summed E-state index contributed by atoms with van der Waals surface area (Å²) in [6.07, 6.45) is -1.24. The van der Waals surface area contributed by atoms with Gasteiger partial charge in [-0.15, -0.1) is 0 Å². The molecule has 2 aromatic rings. The number of likely N-dealkylation sites (N-methyl/N-ethyl adjacent to an activating group) is 1. The number of ketones is 3. The van der Waals surface area contributed by atoms with Gasteiger partial charge >= 0.3 is 0 Å². The van der Waals surface area contributed by atoms with Crippen molar-refractivity contribution >= 4 is 23.3 Å². The quantitative estimate of drug-likeness (QED) is 0.414. The summed E-state index contributed by atoms with van der Waals surface area (Å²) in [4.78, 5) is 54.8. The van der Waals surface area contributed by atoms with Crippen LogP contribution >= 0.6 is 0 Å². The molecule has 3 unspecified atom stereocenters. The number of primary amides is 1. The number of Topliss-reactive ketones (excluding diaryl/α,β-unsaturated/α-hetero) is 3. The van der Waals surface area contributed by atoms with Crippen LogP contribution < -0.4 is 10.5 Å². The Morgan fingerprint density at radius 1 is 1.08 bits per heavy atom. The first kappa shape index (κ1) is 26.0. The zero-order valence-electron chi connectivity index (χ0n) is 21.2. The molecule has 3 aliphatic carbocycles. The van der Waals surface area contributed by atoms with Crippen LogP contribution in [0.1, 0.15) is 22.3 Å². The van der Waals surface area contributed by atoms with E-state index in [1.165, 1.54) is 6.07 Å². The molecule has 0 saturated heterocycles. The van der Waals surface area contributed by atoms with Crippen molar-refractivity contribution in [3.63, 3.8) is 0 Å². The van der Waals surface area contributed by atoms with E-state index in [-0.39, 0.29) is 24.2 Å². The van der Waals surface area contributed by atoms with Crippen LogP contribution in [-0.2, 0) is 20.8 Å². The maximum atomic E-state index is 13.9. The Bertz CT molecular complexity index is 1350. The number of carbonyl (C=O) groups is 4. The molecular weight excluding hydrogens is 492 g/mol. The van der Waals surface area contributed by atoms with Crippen molar-refractivity contribution in [3.05, 3.63) is 47.5 Å². The first-order valence-corrected chi connectivity index (χ1v) is 12.4. The number of aliphatic hydroxyl groups excluding tert-OH is 1. The van der Waals surface area contributed by atoms with Gasteiger partial charge < -0.3 is 30.7 Å². The molecule has 200 valence electrons. The SMILES string of the molecule is COc1ccc(-c2ccc(O)c3c2C[C@@H]2C[C@@H]4[C@@H](N(C)C)C(O)C(C(N)=O)C(=O)[C@]4(O)C(=O)C2C3=O)cc1. The lowest BCUT2D eigenvalue weighted by atomic mass is 9.52. The zero-order chi connectivity index (χ0) is 27.7. The molecule has 38 heavy (non-hydrogen) atoms. The minimum atomic E-state index is -2.68. The number of hydrogen-bond acceptors (Lipinski definition) is 9. The lowest BCUT2D eigenvalue weighted by molar-refractivity contribution is -0.190. The Morgan fingerprint density at radius 2 is 1.74 bits per heavy atom. The summed E-state index contributed by atoms with van der Waals surface area (Å²) in [5, 5.41) is 33.3. The second kappa shape index (κ2) is 9.00. The smallest absolute Gasteiger partial charge is 0.230 e. The van der Waals surface area contributed by atoms with E-state index in [1.54, 1.807) is 44.3 Å². The van der Waals surface area contributed by atoms with Crippen LogP contribution in [0.5, 0.6) is 11.5 Å². The van der Waals surface area contributed by atoms with Crippen molar-refractivity contribution in [2.24, 2.45) is 29.4 Å². The topological polar surface area (TPSA) is 167 Å². The molecule has 0 radical (unpaired) electrons. The number of phenols is 1. The van der Waals surface area contributed by atoms with E-state index in [1.807, 2.05) is 12.1 Å². The van der Waals surface area contributed by atoms with Gasteiger partial charge in [-0.3, -0.25) is 19.2 Å². The fraction of sp³-hybridized carbons (Fsp3) is 0.429. The molecule has 0 spiro atoms. The summed E-state index contributed by atoms with van der Waals surface area (Å²) in [5.41, 5.74) is 4.76. The first-order chi connectivity index (χ1) is 17.9. The number of methoxy groups -OCH3 is 1. The fourth-order valence-corrected chi connectivity index (χ4v) is 6.86. The highest BCUT2D eigenvalue weighted by Crippen LogP contribution is 2.52. The maximum absolute atomic E-state index is 13.9. The Labute approximate surface area is 219 Å². The molecule has 2 aromatic carbocycles. The molecule has 0 aromatic heterocycles. The van der Waals surface area contributed by atoms with Crippen molar-refractivity contribution in [2.75, 3.05) is 21.2 Å². The normalized spacial score (nSPS) is 32.4. The lowest BCUT2D eigenvalue weighted by Crippen LogP contribution is -2.75. The number of phenolic OH excluding ortho intramolecular Hbond substituents is 1. The van der Waals surface area contributed by atoms with Gasteiger partial charge in [-0.25, -0.2) is 0 Å². The summed E-state index contributed by atoms with van der Waals surface area (Å²) in [6.45, 7) is 0. The van der Waals surface area contributed by atoms with Gasteiger partial charge in [0, 0.05) is 12.0 Å². The molecule has 7 atom stereocenters. The Morgan fingerprint density at radius 3 is 2.32 bits per heavy atom. The molecule has 5 rings (SSSR count). The molecule has 5 N–H and O–H groups in total. The number of fused-ring (bicyclic) bond motifs is 3. The van der Waals surface area contributed by atoms with Crippen molar-refractivity contribution in [1.82, 2.24) is 4.90 Å². The number of hydrogen-bond donors (Lipinski definition) is 4. The van der Waals surface area contributed by atoms with E-state index in [0.29, 0.717) is 16.9 Å². The average Bonchev–Trinajstić information content (AvgIpc) is 2.86. The highest BCUT2D eigenvalue weighted by Gasteiger charge is 2.69. The predicted octanol–water partition coefficient (Wildman–Crippen LogP) is 0.334. The number of nitrogens with two attached hydrogens (primary N) is 1. The van der Waals surface area contributed by atoms with Crippen LogP contribution in [0, 0.1) is 23.7 Å². The summed E-state index contributed by atoms with van der Waals surface area (Å²) in [7, 11) is 4.77. The minimum absolute atomic E-state index is 0.0196. The number of amides is 1. The third-order valence-electron chi connectivity index (χ3n) is 8.57. The van der Waals surface area contributed by atoms with Gasteiger partial charge in [0.05, 0.1) is 24.7 Å². The van der Waals surface area contributed by atoms with Gasteiger partial charge in [0.15, 0.2) is 23.0 Å². The highest BCUT2D eigenvalue weighted by molar-refractivity contribution is 6.25. The number of aliphatic hydroxyl groups is 2. The molecular formula is C28H30N2O8. The molecule has 2 saturated carbocycles. The Hall–Kier alpha value is -3.60. The van der Waals surface area contributed by atoms with Crippen LogP contribution in [0.25, 0.3) is 11.1 Å². The van der Waals surface area contributed by atoms with Gasteiger partial charge in [-0.2, -0.15) is 0 Å². The number of nitrogens with zero attached hydrogens (tertiary/aromatic N) is 1. The van der Waals surface area contributed by atoms with Crippen LogP contribution in [0.2, 0.25) is 0 Å². The lowest BCUT2D eigenvalue weighted by Gasteiger charge is -2.54. The van der Waals surface area contributed by atoms with Gasteiger partial charge in [-0.05, 0) is 67.7 Å². The van der Waals surface area contributed by atoms with Crippen LogP contribution in [-0.4, -0.2) is 82.4 Å². The van der Waals surface area contributed by atoms with E-state index in [9.17, 15) is 34.5 Å². The van der Waals surface area contributed by atoms with E-state index in [2.05, 4.69) is 0 Å². The van der Waals surface area contributed by atoms with Crippen molar-refractivity contribution in [1.29, 1.82) is 0 Å². The number of carbonyl (C=O) groups excluding carboxylic acids is 4. The van der Waals surface area contributed by atoms with E-state index in [4.69, 9.17) is 10.5 Å². The van der Waals surface area contributed by atoms with Crippen LogP contribution in [0.3, 0.4) is 0 Å². The minimum Gasteiger partial charge on any atom is -0.507 e. The Balaban J connectivity index is 1.64. The van der Waals surface area contributed by atoms with Gasteiger partial charge in [0.2, 0.25) is 5.91 Å². The third-order valence-corrected chi connectivity index (χ3v) is 8.57. The molecule has 0 aliphatic heterocycles. The van der Waals surface area contributed by atoms with Crippen LogP contribution in [0.15, 0.2) is 36.4 Å². The maximum Gasteiger partial charge on any atom is 0.230 e. The first-order valence-electron chi connectivity index (χ1n) is 12.4. The van der Waals surface area contributed by atoms with Gasteiger partial charge in [-0.1, -0.05) is 18.2 Å². The van der Waals surface area contributed by atoms with E-state index < -0.39 is 64.7 Å². The molecule has 2 fully saturated rings. The molecule has 0 bridgehead atoms. The largest absolute Gasteiger partial charge is 0.507 e. The average molecular weight is 523 g/mol. The second-order valence-corrected chi connectivity index (χ2v) is 10.7. The zero-order valence-corrected chi connectivity index (χ0v) is 21.2. The molecule has 1 amide bonds. The Kier molecular flexibility index (Phi) is 6.17. The van der Waals surface area contributed by atoms with Gasteiger partial charge in [0.25, 0.3) is 0 Å². The fourth-order valence-electron chi connectivity index (χ4n) is 6.86. The highest BCUT2D eigenvalue weighted by atomic mass is 16.5. The van der Waals surface area contributed by atoms with Crippen LogP contribution in [0.4, 0.5) is 0 Å². The van der Waals surface area contributed by atoms with Gasteiger partial charge in [0.1, 0.15) is 17.4 Å². The molecule has 10 nitrogen and oxygen atoms in total.